The number of nitrogens with zero attached hydrogens (tertiary/aromatic N) is 1. The number of hydrogen-bond donors (Lipinski definition) is 1. The maximum absolute atomic E-state index is 3.49. The highest BCUT2D eigenvalue weighted by Crippen LogP contribution is 2.17. The lowest BCUT2D eigenvalue weighted by Crippen LogP contribution is -2.37. The van der Waals surface area contributed by atoms with E-state index >= 15 is 0 Å². The summed E-state index contributed by atoms with van der Waals surface area (Å²) >= 11 is 0. The zero-order valence-electron chi connectivity index (χ0n) is 12.7. The lowest BCUT2D eigenvalue weighted by molar-refractivity contribution is 0.179. The second-order valence-electron chi connectivity index (χ2n) is 5.86. The van der Waals surface area contributed by atoms with E-state index in [1.165, 1.54) is 77.5 Å². The molecule has 108 valence electrons. The first-order chi connectivity index (χ1) is 8.86. The average molecular weight is 254 g/mol. The van der Waals surface area contributed by atoms with Gasteiger partial charge in [-0.3, -0.25) is 0 Å². The lowest BCUT2D eigenvalue weighted by atomic mass is 9.96. The number of unbranched alkanes of at least 4 members (excludes halogenated alkanes) is 5. The summed E-state index contributed by atoms with van der Waals surface area (Å²) in [7, 11) is 0. The second kappa shape index (κ2) is 10.8. The summed E-state index contributed by atoms with van der Waals surface area (Å²) in [4.78, 5) is 2.68. The molecule has 1 N–H and O–H groups in total. The second-order valence-corrected chi connectivity index (χ2v) is 5.86. The molecule has 0 atom stereocenters. The average Bonchev–Trinajstić information content (AvgIpc) is 2.42. The Labute approximate surface area is 115 Å². The summed E-state index contributed by atoms with van der Waals surface area (Å²) < 4.78 is 0. The molecule has 0 radical (unpaired) electrons. The standard InChI is InChI=1S/C16H34N2/c1-3-5-6-7-8-9-12-18-13-10-16(11-14-18)15-17-4-2/h16-17H,3-15H2,1-2H3. The predicted molar refractivity (Wildman–Crippen MR) is 81.1 cm³/mol. The van der Waals surface area contributed by atoms with Crippen LogP contribution in [0, 0.1) is 5.92 Å². The van der Waals surface area contributed by atoms with Crippen molar-refractivity contribution in [1.29, 1.82) is 0 Å². The van der Waals surface area contributed by atoms with Crippen LogP contribution in [-0.4, -0.2) is 37.6 Å². The van der Waals surface area contributed by atoms with Gasteiger partial charge in [0.2, 0.25) is 0 Å². The highest BCUT2D eigenvalue weighted by atomic mass is 15.1. The third-order valence-electron chi connectivity index (χ3n) is 4.22. The fourth-order valence-electron chi connectivity index (χ4n) is 2.88. The fourth-order valence-corrected chi connectivity index (χ4v) is 2.88. The summed E-state index contributed by atoms with van der Waals surface area (Å²) in [6, 6.07) is 0. The van der Waals surface area contributed by atoms with Crippen LogP contribution in [0.15, 0.2) is 0 Å². The Morgan fingerprint density at radius 2 is 1.61 bits per heavy atom. The van der Waals surface area contributed by atoms with E-state index in [0.717, 1.165) is 12.5 Å². The summed E-state index contributed by atoms with van der Waals surface area (Å²) in [5, 5.41) is 3.49. The molecular weight excluding hydrogens is 220 g/mol. The van der Waals surface area contributed by atoms with Crippen molar-refractivity contribution in [2.45, 2.75) is 65.2 Å². The molecule has 0 spiro atoms. The Balaban J connectivity index is 1.92. The van der Waals surface area contributed by atoms with Crippen LogP contribution >= 0.6 is 0 Å². The zero-order valence-corrected chi connectivity index (χ0v) is 12.7. The molecule has 1 aliphatic heterocycles. The van der Waals surface area contributed by atoms with Crippen molar-refractivity contribution in [3.05, 3.63) is 0 Å². The van der Waals surface area contributed by atoms with E-state index in [4.69, 9.17) is 0 Å². The largest absolute Gasteiger partial charge is 0.317 e. The fraction of sp³-hybridized carbons (Fsp3) is 1.00. The molecule has 0 bridgehead atoms. The van der Waals surface area contributed by atoms with Crippen LogP contribution in [0.5, 0.6) is 0 Å². The number of rotatable bonds is 10. The maximum atomic E-state index is 3.49. The first-order valence-corrected chi connectivity index (χ1v) is 8.29. The molecule has 18 heavy (non-hydrogen) atoms. The van der Waals surface area contributed by atoms with E-state index in [-0.39, 0.29) is 0 Å². The quantitative estimate of drug-likeness (QED) is 0.598. The molecule has 0 unspecified atom stereocenters. The highest BCUT2D eigenvalue weighted by molar-refractivity contribution is 4.73. The van der Waals surface area contributed by atoms with Crippen molar-refractivity contribution in [3.8, 4) is 0 Å². The molecule has 0 amide bonds. The molecular formula is C16H34N2. The van der Waals surface area contributed by atoms with Gasteiger partial charge >= 0.3 is 0 Å². The molecule has 0 aliphatic carbocycles. The molecule has 0 aromatic heterocycles. The van der Waals surface area contributed by atoms with Crippen LogP contribution < -0.4 is 5.32 Å². The Hall–Kier alpha value is -0.0800. The van der Waals surface area contributed by atoms with Crippen molar-refractivity contribution in [2.24, 2.45) is 5.92 Å². The van der Waals surface area contributed by atoms with Crippen LogP contribution in [0.2, 0.25) is 0 Å². The van der Waals surface area contributed by atoms with Gasteiger partial charge in [-0.1, -0.05) is 46.0 Å². The summed E-state index contributed by atoms with van der Waals surface area (Å²) in [5.74, 6) is 0.936. The first kappa shape index (κ1) is 16.0. The van der Waals surface area contributed by atoms with Gasteiger partial charge in [0.05, 0.1) is 0 Å². The molecule has 2 nitrogen and oxygen atoms in total. The molecule has 1 heterocycles. The van der Waals surface area contributed by atoms with Gasteiger partial charge in [0.1, 0.15) is 0 Å². The number of likely N-dealkylation sites (tertiary alicyclic amines) is 1. The van der Waals surface area contributed by atoms with Crippen LogP contribution in [-0.2, 0) is 0 Å². The van der Waals surface area contributed by atoms with Crippen LogP contribution in [0.1, 0.15) is 65.2 Å². The molecule has 1 saturated heterocycles. The number of hydrogen-bond acceptors (Lipinski definition) is 2. The van der Waals surface area contributed by atoms with Crippen LogP contribution in [0.25, 0.3) is 0 Å². The van der Waals surface area contributed by atoms with Gasteiger partial charge < -0.3 is 10.2 Å². The van der Waals surface area contributed by atoms with Gasteiger partial charge in [0.15, 0.2) is 0 Å². The normalized spacial score (nSPS) is 18.3. The highest BCUT2D eigenvalue weighted by Gasteiger charge is 2.17. The van der Waals surface area contributed by atoms with Crippen molar-refractivity contribution in [2.75, 3.05) is 32.7 Å². The van der Waals surface area contributed by atoms with Crippen LogP contribution in [0.3, 0.4) is 0 Å². The van der Waals surface area contributed by atoms with E-state index in [0.29, 0.717) is 0 Å². The van der Waals surface area contributed by atoms with Gasteiger partial charge in [0, 0.05) is 0 Å². The molecule has 2 heteroatoms. The molecule has 1 fully saturated rings. The van der Waals surface area contributed by atoms with E-state index in [9.17, 15) is 0 Å². The van der Waals surface area contributed by atoms with Gasteiger partial charge in [-0.2, -0.15) is 0 Å². The minimum Gasteiger partial charge on any atom is -0.317 e. The maximum Gasteiger partial charge on any atom is -0.00156 e. The Morgan fingerprint density at radius 3 is 2.28 bits per heavy atom. The first-order valence-electron chi connectivity index (χ1n) is 8.29. The van der Waals surface area contributed by atoms with Crippen molar-refractivity contribution >= 4 is 0 Å². The smallest absolute Gasteiger partial charge is 0.00156 e. The van der Waals surface area contributed by atoms with Crippen molar-refractivity contribution in [1.82, 2.24) is 10.2 Å². The van der Waals surface area contributed by atoms with Crippen molar-refractivity contribution < 1.29 is 0 Å². The van der Waals surface area contributed by atoms with E-state index in [2.05, 4.69) is 24.1 Å². The monoisotopic (exact) mass is 254 g/mol. The van der Waals surface area contributed by atoms with Gasteiger partial charge in [-0.15, -0.1) is 0 Å². The van der Waals surface area contributed by atoms with E-state index in [1.807, 2.05) is 0 Å². The predicted octanol–water partition coefficient (Wildman–Crippen LogP) is 3.67. The van der Waals surface area contributed by atoms with Gasteiger partial charge in [0.25, 0.3) is 0 Å². The third kappa shape index (κ3) is 7.38. The summed E-state index contributed by atoms with van der Waals surface area (Å²) in [6.45, 7) is 10.9. The number of nitrogens with one attached hydrogen (secondary N) is 1. The Bertz CT molecular complexity index is 174. The molecule has 0 aromatic carbocycles. The Morgan fingerprint density at radius 1 is 0.944 bits per heavy atom. The molecule has 0 saturated carbocycles. The minimum absolute atomic E-state index is 0.936. The van der Waals surface area contributed by atoms with E-state index < -0.39 is 0 Å². The third-order valence-corrected chi connectivity index (χ3v) is 4.22. The Kier molecular flexibility index (Phi) is 9.59. The van der Waals surface area contributed by atoms with Crippen LogP contribution in [0.4, 0.5) is 0 Å². The molecule has 1 aliphatic rings. The molecule has 0 aromatic rings. The summed E-state index contributed by atoms with van der Waals surface area (Å²) in [5.41, 5.74) is 0. The zero-order chi connectivity index (χ0) is 13.1. The SMILES string of the molecule is CCCCCCCCN1CCC(CNCC)CC1. The van der Waals surface area contributed by atoms with Gasteiger partial charge in [-0.25, -0.2) is 0 Å². The minimum atomic E-state index is 0.936. The van der Waals surface area contributed by atoms with Gasteiger partial charge in [-0.05, 0) is 57.9 Å². The van der Waals surface area contributed by atoms with E-state index in [1.54, 1.807) is 0 Å². The van der Waals surface area contributed by atoms with Crippen molar-refractivity contribution in [3.63, 3.8) is 0 Å². The topological polar surface area (TPSA) is 15.3 Å². The lowest BCUT2D eigenvalue weighted by Gasteiger charge is -2.32. The molecule has 1 rings (SSSR count). The number of piperidine rings is 1. The summed E-state index contributed by atoms with van der Waals surface area (Å²) in [6.07, 6.45) is 11.4.